The number of carboxylic acid groups (broad SMARTS) is 1. The average Bonchev–Trinajstić information content (AvgIpc) is 1.84. The Kier molecular flexibility index (Phi) is 3.79. The van der Waals surface area contributed by atoms with Crippen LogP contribution < -0.4 is 0 Å². The van der Waals surface area contributed by atoms with Crippen molar-refractivity contribution in [3.8, 4) is 0 Å². The molecule has 0 aromatic rings. The van der Waals surface area contributed by atoms with E-state index >= 15 is 0 Å². The van der Waals surface area contributed by atoms with Crippen LogP contribution >= 0.6 is 0 Å². The number of aliphatic carboxylic acids is 1. The molecule has 0 radical (unpaired) electrons. The Morgan fingerprint density at radius 3 is 2.09 bits per heavy atom. The molecule has 64 valence electrons. The molecule has 0 rings (SSSR count). The lowest BCUT2D eigenvalue weighted by Crippen LogP contribution is -2.19. The highest BCUT2D eigenvalue weighted by Gasteiger charge is 2.19. The van der Waals surface area contributed by atoms with E-state index in [1.54, 1.807) is 13.8 Å². The largest absolute Gasteiger partial charge is 0.481 e. The average molecular weight is 158 g/mol. The van der Waals surface area contributed by atoms with Crippen LogP contribution in [-0.4, -0.2) is 16.9 Å². The van der Waals surface area contributed by atoms with Crippen LogP contribution in [0.4, 0.5) is 0 Å². The summed E-state index contributed by atoms with van der Waals surface area (Å²) in [7, 11) is 0. The number of rotatable bonds is 4. The minimum atomic E-state index is -0.834. The minimum Gasteiger partial charge on any atom is -0.481 e. The third-order valence-corrected chi connectivity index (χ3v) is 1.85. The second kappa shape index (κ2) is 4.11. The van der Waals surface area contributed by atoms with Gasteiger partial charge in [-0.2, -0.15) is 0 Å². The molecule has 0 aliphatic carbocycles. The molecule has 3 nitrogen and oxygen atoms in total. The Morgan fingerprint density at radius 2 is 1.82 bits per heavy atom. The first-order valence-corrected chi connectivity index (χ1v) is 3.67. The van der Waals surface area contributed by atoms with Crippen molar-refractivity contribution in [3.05, 3.63) is 0 Å². The minimum absolute atomic E-state index is 0.0469. The molecule has 2 atom stereocenters. The SMILES string of the molecule is CC(=O)CC(C)C(C)C(=O)O. The van der Waals surface area contributed by atoms with E-state index in [1.807, 2.05) is 0 Å². The van der Waals surface area contributed by atoms with Crippen LogP contribution in [0.15, 0.2) is 0 Å². The fourth-order valence-electron chi connectivity index (χ4n) is 0.874. The third kappa shape index (κ3) is 3.75. The van der Waals surface area contributed by atoms with E-state index in [-0.39, 0.29) is 11.7 Å². The number of hydrogen-bond donors (Lipinski definition) is 1. The van der Waals surface area contributed by atoms with Gasteiger partial charge in [0.2, 0.25) is 0 Å². The molecule has 0 spiro atoms. The van der Waals surface area contributed by atoms with Crippen LogP contribution in [0.2, 0.25) is 0 Å². The number of carbonyl (C=O) groups is 2. The summed E-state index contributed by atoms with van der Waals surface area (Å²) in [5.74, 6) is -1.28. The van der Waals surface area contributed by atoms with Gasteiger partial charge in [-0.3, -0.25) is 4.79 Å². The zero-order valence-electron chi connectivity index (χ0n) is 7.13. The lowest BCUT2D eigenvalue weighted by molar-refractivity contribution is -0.142. The summed E-state index contributed by atoms with van der Waals surface area (Å²) in [5, 5.41) is 8.55. The molecule has 0 bridgehead atoms. The number of Topliss-reactive ketones (excluding diaryl/α,β-unsaturated/α-hetero) is 1. The van der Waals surface area contributed by atoms with Gasteiger partial charge in [0.15, 0.2) is 0 Å². The molecule has 0 fully saturated rings. The highest BCUT2D eigenvalue weighted by molar-refractivity contribution is 5.77. The summed E-state index contributed by atoms with van der Waals surface area (Å²) >= 11 is 0. The summed E-state index contributed by atoms with van der Waals surface area (Å²) in [4.78, 5) is 21.0. The molecule has 3 heteroatoms. The lowest BCUT2D eigenvalue weighted by Gasteiger charge is -2.13. The predicted molar refractivity (Wildman–Crippen MR) is 41.3 cm³/mol. The van der Waals surface area contributed by atoms with Crippen molar-refractivity contribution in [3.63, 3.8) is 0 Å². The van der Waals surface area contributed by atoms with Gasteiger partial charge in [0.1, 0.15) is 5.78 Å². The van der Waals surface area contributed by atoms with E-state index in [9.17, 15) is 9.59 Å². The summed E-state index contributed by atoms with van der Waals surface area (Å²) in [6.45, 7) is 4.88. The molecule has 11 heavy (non-hydrogen) atoms. The monoisotopic (exact) mass is 158 g/mol. The molecule has 0 aromatic heterocycles. The van der Waals surface area contributed by atoms with E-state index in [2.05, 4.69) is 0 Å². The summed E-state index contributed by atoms with van der Waals surface area (Å²) in [5.41, 5.74) is 0. The van der Waals surface area contributed by atoms with E-state index in [0.29, 0.717) is 6.42 Å². The van der Waals surface area contributed by atoms with E-state index in [1.165, 1.54) is 6.92 Å². The number of carboxylic acids is 1. The fraction of sp³-hybridized carbons (Fsp3) is 0.750. The zero-order chi connectivity index (χ0) is 9.02. The van der Waals surface area contributed by atoms with Crippen LogP contribution in [0.5, 0.6) is 0 Å². The van der Waals surface area contributed by atoms with Gasteiger partial charge < -0.3 is 9.90 Å². The van der Waals surface area contributed by atoms with E-state index < -0.39 is 11.9 Å². The normalized spacial score (nSPS) is 15.5. The van der Waals surface area contributed by atoms with Crippen molar-refractivity contribution >= 4 is 11.8 Å². The molecule has 0 aliphatic rings. The van der Waals surface area contributed by atoms with Gasteiger partial charge in [-0.1, -0.05) is 13.8 Å². The Bertz CT molecular complexity index is 163. The number of ketones is 1. The van der Waals surface area contributed by atoms with Gasteiger partial charge in [-0.15, -0.1) is 0 Å². The fourth-order valence-corrected chi connectivity index (χ4v) is 0.874. The molecular weight excluding hydrogens is 144 g/mol. The van der Waals surface area contributed by atoms with Gasteiger partial charge in [0.25, 0.3) is 0 Å². The molecule has 1 N–H and O–H groups in total. The zero-order valence-corrected chi connectivity index (χ0v) is 7.13. The summed E-state index contributed by atoms with van der Waals surface area (Å²) < 4.78 is 0. The standard InChI is InChI=1S/C8H14O3/c1-5(4-6(2)9)7(3)8(10)11/h5,7H,4H2,1-3H3,(H,10,11). The first kappa shape index (κ1) is 10.1. The second-order valence-corrected chi connectivity index (χ2v) is 3.01. The maximum Gasteiger partial charge on any atom is 0.306 e. The summed E-state index contributed by atoms with van der Waals surface area (Å²) in [6.07, 6.45) is 0.355. The lowest BCUT2D eigenvalue weighted by atomic mass is 9.92. The van der Waals surface area contributed by atoms with Gasteiger partial charge in [-0.25, -0.2) is 0 Å². The Balaban J connectivity index is 3.92. The van der Waals surface area contributed by atoms with Crippen molar-refractivity contribution in [1.82, 2.24) is 0 Å². The van der Waals surface area contributed by atoms with Crippen molar-refractivity contribution in [2.45, 2.75) is 27.2 Å². The maximum absolute atomic E-state index is 10.6. The van der Waals surface area contributed by atoms with Crippen LogP contribution in [0.25, 0.3) is 0 Å². The highest BCUT2D eigenvalue weighted by Crippen LogP contribution is 2.14. The molecular formula is C8H14O3. The molecule has 0 aromatic carbocycles. The van der Waals surface area contributed by atoms with Crippen molar-refractivity contribution in [2.75, 3.05) is 0 Å². The predicted octanol–water partition coefficient (Wildman–Crippen LogP) is 1.32. The van der Waals surface area contributed by atoms with E-state index in [4.69, 9.17) is 5.11 Å². The number of carbonyl (C=O) groups excluding carboxylic acids is 1. The topological polar surface area (TPSA) is 54.4 Å². The van der Waals surface area contributed by atoms with E-state index in [0.717, 1.165) is 0 Å². The summed E-state index contributed by atoms with van der Waals surface area (Å²) in [6, 6.07) is 0. The molecule has 0 heterocycles. The quantitative estimate of drug-likeness (QED) is 0.671. The Morgan fingerprint density at radius 1 is 1.36 bits per heavy atom. The van der Waals surface area contributed by atoms with Crippen LogP contribution in [0.1, 0.15) is 27.2 Å². The third-order valence-electron chi connectivity index (χ3n) is 1.85. The van der Waals surface area contributed by atoms with Crippen LogP contribution in [0, 0.1) is 11.8 Å². The molecule has 2 unspecified atom stereocenters. The van der Waals surface area contributed by atoms with Gasteiger partial charge in [-0.05, 0) is 12.8 Å². The Labute approximate surface area is 66.4 Å². The molecule has 0 saturated carbocycles. The second-order valence-electron chi connectivity index (χ2n) is 3.01. The smallest absolute Gasteiger partial charge is 0.306 e. The van der Waals surface area contributed by atoms with Gasteiger partial charge in [0.05, 0.1) is 5.92 Å². The Hall–Kier alpha value is -0.860. The first-order valence-electron chi connectivity index (χ1n) is 3.67. The van der Waals surface area contributed by atoms with Crippen LogP contribution in [-0.2, 0) is 9.59 Å². The van der Waals surface area contributed by atoms with Crippen LogP contribution in [0.3, 0.4) is 0 Å². The molecule has 0 amide bonds. The van der Waals surface area contributed by atoms with Gasteiger partial charge >= 0.3 is 5.97 Å². The maximum atomic E-state index is 10.6. The van der Waals surface area contributed by atoms with Gasteiger partial charge in [0, 0.05) is 6.42 Å². The highest BCUT2D eigenvalue weighted by atomic mass is 16.4. The van der Waals surface area contributed by atoms with Crippen molar-refractivity contribution in [2.24, 2.45) is 11.8 Å². The van der Waals surface area contributed by atoms with Crippen molar-refractivity contribution < 1.29 is 14.7 Å². The first-order chi connectivity index (χ1) is 4.95. The molecule has 0 saturated heterocycles. The molecule has 0 aliphatic heterocycles. The van der Waals surface area contributed by atoms with Crippen molar-refractivity contribution in [1.29, 1.82) is 0 Å². The number of hydrogen-bond acceptors (Lipinski definition) is 2.